The van der Waals surface area contributed by atoms with Gasteiger partial charge in [-0.2, -0.15) is 0 Å². The molecule has 7 nitrogen and oxygen atoms in total. The van der Waals surface area contributed by atoms with Crippen LogP contribution in [0.5, 0.6) is 0 Å². The predicted molar refractivity (Wildman–Crippen MR) is 67.9 cm³/mol. The topological polar surface area (TPSA) is 119 Å². The summed E-state index contributed by atoms with van der Waals surface area (Å²) in [6.45, 7) is -0.0709. The number of nitrogen functional groups attached to an aromatic ring is 1. The fourth-order valence-corrected chi connectivity index (χ4v) is 1.65. The van der Waals surface area contributed by atoms with Gasteiger partial charge in [0.15, 0.2) is 11.9 Å². The predicted octanol–water partition coefficient (Wildman–Crippen LogP) is 1.07. The molecule has 1 heterocycles. The Labute approximate surface area is 114 Å². The summed E-state index contributed by atoms with van der Waals surface area (Å²) in [5, 5.41) is 18.5. The molecule has 1 aliphatic rings. The van der Waals surface area contributed by atoms with Crippen LogP contribution in [0, 0.1) is 0 Å². The van der Waals surface area contributed by atoms with Crippen LogP contribution < -0.4 is 5.73 Å². The van der Waals surface area contributed by atoms with Gasteiger partial charge in [0.05, 0.1) is 12.2 Å². The molecule has 0 bridgehead atoms. The average Bonchev–Trinajstić information content (AvgIpc) is 2.67. The van der Waals surface area contributed by atoms with Crippen molar-refractivity contribution in [2.45, 2.75) is 12.5 Å². The van der Waals surface area contributed by atoms with Crippen LogP contribution >= 0.6 is 0 Å². The summed E-state index contributed by atoms with van der Waals surface area (Å²) in [5.74, 6) is -2.89. The van der Waals surface area contributed by atoms with Crippen LogP contribution in [0.25, 0.3) is 0 Å². The molecular formula is C13H13NO6. The Hall–Kier alpha value is -2.70. The zero-order chi connectivity index (χ0) is 14.7. The van der Waals surface area contributed by atoms with Gasteiger partial charge < -0.3 is 25.4 Å². The van der Waals surface area contributed by atoms with Gasteiger partial charge in [0.25, 0.3) is 0 Å². The maximum Gasteiger partial charge on any atom is 0.377 e. The Morgan fingerprint density at radius 3 is 2.50 bits per heavy atom. The van der Waals surface area contributed by atoms with Crippen LogP contribution in [0.1, 0.15) is 16.8 Å². The van der Waals surface area contributed by atoms with E-state index in [-0.39, 0.29) is 13.0 Å². The van der Waals surface area contributed by atoms with Crippen molar-refractivity contribution in [1.82, 2.24) is 0 Å². The van der Waals surface area contributed by atoms with E-state index in [1.54, 1.807) is 12.1 Å². The van der Waals surface area contributed by atoms with Gasteiger partial charge in [-0.15, -0.1) is 0 Å². The second-order valence-corrected chi connectivity index (χ2v) is 4.17. The fourth-order valence-electron chi connectivity index (χ4n) is 1.65. The molecule has 1 aliphatic heterocycles. The third-order valence-corrected chi connectivity index (χ3v) is 2.75. The van der Waals surface area contributed by atoms with Crippen molar-refractivity contribution in [3.63, 3.8) is 0 Å². The number of rotatable bonds is 4. The third kappa shape index (κ3) is 2.82. The first-order chi connectivity index (χ1) is 9.49. The maximum atomic E-state index is 11.6. The Kier molecular flexibility index (Phi) is 3.79. The van der Waals surface area contributed by atoms with Gasteiger partial charge in [0.2, 0.25) is 5.76 Å². The average molecular weight is 279 g/mol. The zero-order valence-corrected chi connectivity index (χ0v) is 10.4. The van der Waals surface area contributed by atoms with E-state index in [0.29, 0.717) is 11.3 Å². The maximum absolute atomic E-state index is 11.6. The molecule has 1 aromatic carbocycles. The molecule has 0 aliphatic carbocycles. The summed E-state index contributed by atoms with van der Waals surface area (Å²) in [4.78, 5) is 22.6. The summed E-state index contributed by atoms with van der Waals surface area (Å²) in [7, 11) is 0. The minimum absolute atomic E-state index is 0.0579. The lowest BCUT2D eigenvalue weighted by Gasteiger charge is -2.10. The van der Waals surface area contributed by atoms with E-state index in [2.05, 4.69) is 4.74 Å². The van der Waals surface area contributed by atoms with Gasteiger partial charge in [-0.1, -0.05) is 0 Å². The number of aliphatic hydroxyl groups is 2. The van der Waals surface area contributed by atoms with E-state index in [0.717, 1.165) is 0 Å². The number of hydrogen-bond acceptors (Lipinski definition) is 7. The number of aliphatic hydroxyl groups excluding tert-OH is 2. The van der Waals surface area contributed by atoms with Crippen LogP contribution in [0.15, 0.2) is 35.8 Å². The van der Waals surface area contributed by atoms with E-state index in [1.165, 1.54) is 12.1 Å². The normalized spacial score (nSPS) is 18.0. The number of nitrogens with two attached hydrogens (primary N) is 1. The quantitative estimate of drug-likeness (QED) is 0.557. The van der Waals surface area contributed by atoms with Crippen molar-refractivity contribution >= 4 is 17.6 Å². The summed E-state index contributed by atoms with van der Waals surface area (Å²) < 4.78 is 9.63. The summed E-state index contributed by atoms with van der Waals surface area (Å²) >= 11 is 0. The highest BCUT2D eigenvalue weighted by Crippen LogP contribution is 2.21. The van der Waals surface area contributed by atoms with E-state index < -0.39 is 29.6 Å². The number of ether oxygens (including phenoxy) is 2. The van der Waals surface area contributed by atoms with E-state index in [1.807, 2.05) is 0 Å². The molecular weight excluding hydrogens is 266 g/mol. The van der Waals surface area contributed by atoms with Crippen LogP contribution in [0.4, 0.5) is 5.69 Å². The molecule has 1 aromatic rings. The largest absolute Gasteiger partial charge is 0.505 e. The van der Waals surface area contributed by atoms with Crippen molar-refractivity contribution in [2.75, 3.05) is 12.3 Å². The van der Waals surface area contributed by atoms with Crippen LogP contribution in [0.3, 0.4) is 0 Å². The first-order valence-corrected chi connectivity index (χ1v) is 5.85. The molecule has 0 aromatic heterocycles. The Morgan fingerprint density at radius 1 is 1.30 bits per heavy atom. The molecule has 0 fully saturated rings. The number of hydrogen-bond donors (Lipinski definition) is 3. The highest BCUT2D eigenvalue weighted by Gasteiger charge is 2.34. The van der Waals surface area contributed by atoms with E-state index in [9.17, 15) is 14.7 Å². The van der Waals surface area contributed by atoms with Crippen molar-refractivity contribution in [3.8, 4) is 0 Å². The van der Waals surface area contributed by atoms with Crippen LogP contribution in [-0.4, -0.2) is 34.9 Å². The first kappa shape index (κ1) is 13.7. The number of esters is 2. The van der Waals surface area contributed by atoms with Gasteiger partial charge >= 0.3 is 11.9 Å². The molecule has 106 valence electrons. The smallest absolute Gasteiger partial charge is 0.377 e. The van der Waals surface area contributed by atoms with Crippen LogP contribution in [-0.2, 0) is 14.3 Å². The van der Waals surface area contributed by atoms with Gasteiger partial charge in [-0.25, -0.2) is 9.59 Å². The first-order valence-electron chi connectivity index (χ1n) is 5.85. The number of carbonyl (C=O) groups excluding carboxylic acids is 2. The zero-order valence-electron chi connectivity index (χ0n) is 10.4. The van der Waals surface area contributed by atoms with Gasteiger partial charge in [0.1, 0.15) is 0 Å². The number of carbonyl (C=O) groups is 2. The van der Waals surface area contributed by atoms with E-state index in [4.69, 9.17) is 15.6 Å². The second kappa shape index (κ2) is 5.52. The highest BCUT2D eigenvalue weighted by molar-refractivity contribution is 5.90. The molecule has 0 amide bonds. The van der Waals surface area contributed by atoms with Crippen LogP contribution in [0.2, 0.25) is 0 Å². The molecule has 7 heteroatoms. The molecule has 1 unspecified atom stereocenters. The second-order valence-electron chi connectivity index (χ2n) is 4.17. The number of cyclic esters (lactones) is 1. The lowest BCUT2D eigenvalue weighted by atomic mass is 10.2. The van der Waals surface area contributed by atoms with Crippen molar-refractivity contribution in [1.29, 1.82) is 0 Å². The summed E-state index contributed by atoms with van der Waals surface area (Å²) in [6.07, 6.45) is -0.927. The molecule has 20 heavy (non-hydrogen) atoms. The molecule has 4 N–H and O–H groups in total. The molecule has 0 radical (unpaired) electrons. The number of anilines is 1. The SMILES string of the molecule is Nc1ccc(C(=O)OCCC2OC(=O)C(O)=C2O)cc1. The lowest BCUT2D eigenvalue weighted by Crippen LogP contribution is -2.16. The summed E-state index contributed by atoms with van der Waals surface area (Å²) in [5.41, 5.74) is 6.36. The van der Waals surface area contributed by atoms with Crippen molar-refractivity contribution in [3.05, 3.63) is 41.3 Å². The Bertz CT molecular complexity index is 563. The van der Waals surface area contributed by atoms with Gasteiger partial charge in [0, 0.05) is 12.1 Å². The molecule has 1 atom stereocenters. The highest BCUT2D eigenvalue weighted by atomic mass is 16.6. The Balaban J connectivity index is 1.83. The Morgan fingerprint density at radius 2 is 1.95 bits per heavy atom. The molecule has 0 saturated carbocycles. The fraction of sp³-hybridized carbons (Fsp3) is 0.231. The monoisotopic (exact) mass is 279 g/mol. The molecule has 0 saturated heterocycles. The minimum Gasteiger partial charge on any atom is -0.505 e. The minimum atomic E-state index is -0.989. The summed E-state index contributed by atoms with van der Waals surface area (Å²) in [6, 6.07) is 6.19. The molecule has 0 spiro atoms. The number of benzene rings is 1. The lowest BCUT2D eigenvalue weighted by molar-refractivity contribution is -0.142. The standard InChI is InChI=1S/C13H13NO6/c14-8-3-1-7(2-4-8)12(17)19-6-5-9-10(15)11(16)13(18)20-9/h1-4,9,15-16H,5-6,14H2. The van der Waals surface area contributed by atoms with Gasteiger partial charge in [-0.3, -0.25) is 0 Å². The molecule has 2 rings (SSSR count). The third-order valence-electron chi connectivity index (χ3n) is 2.75. The van der Waals surface area contributed by atoms with Crippen molar-refractivity contribution in [2.24, 2.45) is 0 Å². The van der Waals surface area contributed by atoms with Gasteiger partial charge in [-0.05, 0) is 24.3 Å². The van der Waals surface area contributed by atoms with E-state index >= 15 is 0 Å². The van der Waals surface area contributed by atoms with Crippen molar-refractivity contribution < 1.29 is 29.3 Å².